The van der Waals surface area contributed by atoms with E-state index in [1.165, 1.54) is 23.3 Å². The Hall–Kier alpha value is -1.50. The molecule has 0 saturated heterocycles. The van der Waals surface area contributed by atoms with Crippen LogP contribution >= 0.6 is 23.5 Å². The van der Waals surface area contributed by atoms with Crippen LogP contribution in [0.5, 0.6) is 0 Å². The van der Waals surface area contributed by atoms with Crippen molar-refractivity contribution in [3.8, 4) is 0 Å². The molecule has 23 heavy (non-hydrogen) atoms. The van der Waals surface area contributed by atoms with Crippen molar-refractivity contribution in [1.29, 1.82) is 0 Å². The van der Waals surface area contributed by atoms with Crippen molar-refractivity contribution in [2.75, 3.05) is 18.3 Å². The number of aliphatic imine (C=N–C) groups is 1. The van der Waals surface area contributed by atoms with Crippen LogP contribution in [0.25, 0.3) is 0 Å². The number of nitrogens with two attached hydrogens (primary N) is 1. The molecular weight excluding hydrogens is 329 g/mol. The van der Waals surface area contributed by atoms with Crippen LogP contribution in [-0.2, 0) is 5.75 Å². The van der Waals surface area contributed by atoms with Crippen LogP contribution in [0.3, 0.4) is 0 Å². The summed E-state index contributed by atoms with van der Waals surface area (Å²) in [5.74, 6) is 6.44. The Morgan fingerprint density at radius 2 is 1.91 bits per heavy atom. The highest BCUT2D eigenvalue weighted by atomic mass is 32.2. The van der Waals surface area contributed by atoms with Crippen molar-refractivity contribution < 1.29 is 4.39 Å². The number of thioether (sulfide) groups is 2. The molecule has 2 rings (SSSR count). The minimum Gasteiger partial charge on any atom is -0.314 e. The number of hydrogen-bond donors (Lipinski definition) is 1. The van der Waals surface area contributed by atoms with Crippen molar-refractivity contribution in [1.82, 2.24) is 0 Å². The first-order chi connectivity index (χ1) is 11.0. The fourth-order valence-electron chi connectivity index (χ4n) is 2.10. The topological polar surface area (TPSA) is 41.6 Å². The van der Waals surface area contributed by atoms with Gasteiger partial charge in [0.15, 0.2) is 0 Å². The molecular formula is C17H20FN3S2. The molecule has 0 bridgehead atoms. The van der Waals surface area contributed by atoms with Crippen LogP contribution in [0, 0.1) is 12.7 Å². The van der Waals surface area contributed by atoms with Crippen molar-refractivity contribution in [2.24, 2.45) is 10.8 Å². The van der Waals surface area contributed by atoms with E-state index in [0.29, 0.717) is 0 Å². The standard InChI is InChI=1S/C17H20FN3S2/c1-12-5-4-6-16(21(2)19)15(12)11-23-17(22-3)20-14-9-7-13(18)8-10-14/h4-10H,11,19H2,1-3H3/b20-17-. The zero-order valence-electron chi connectivity index (χ0n) is 13.4. The Balaban J connectivity index is 2.16. The summed E-state index contributed by atoms with van der Waals surface area (Å²) in [5, 5.41) is 1.64. The third kappa shape index (κ3) is 4.99. The largest absolute Gasteiger partial charge is 0.314 e. The normalized spacial score (nSPS) is 11.6. The number of halogens is 1. The average Bonchev–Trinajstić information content (AvgIpc) is 2.53. The smallest absolute Gasteiger partial charge is 0.130 e. The highest BCUT2D eigenvalue weighted by Gasteiger charge is 2.10. The van der Waals surface area contributed by atoms with Crippen molar-refractivity contribution in [2.45, 2.75) is 12.7 Å². The van der Waals surface area contributed by atoms with Gasteiger partial charge >= 0.3 is 0 Å². The first-order valence-corrected chi connectivity index (χ1v) is 9.30. The number of nitrogens with zero attached hydrogens (tertiary/aromatic N) is 2. The van der Waals surface area contributed by atoms with Gasteiger partial charge in [0.1, 0.15) is 10.2 Å². The van der Waals surface area contributed by atoms with E-state index in [-0.39, 0.29) is 5.82 Å². The maximum atomic E-state index is 13.0. The monoisotopic (exact) mass is 349 g/mol. The van der Waals surface area contributed by atoms with E-state index in [4.69, 9.17) is 5.84 Å². The maximum absolute atomic E-state index is 13.0. The SMILES string of the molecule is CS/C(=N/c1ccc(F)cc1)SCc1c(C)cccc1N(C)N. The summed E-state index contributed by atoms with van der Waals surface area (Å²) in [4.78, 5) is 4.57. The molecule has 0 aliphatic rings. The second kappa shape index (κ2) is 8.38. The summed E-state index contributed by atoms with van der Waals surface area (Å²) >= 11 is 3.24. The Kier molecular flexibility index (Phi) is 6.50. The molecule has 0 radical (unpaired) electrons. The van der Waals surface area contributed by atoms with E-state index in [1.807, 2.05) is 25.4 Å². The van der Waals surface area contributed by atoms with Gasteiger partial charge in [-0.15, -0.1) is 11.8 Å². The lowest BCUT2D eigenvalue weighted by Gasteiger charge is -2.18. The Labute approximate surface area is 145 Å². The molecule has 0 heterocycles. The van der Waals surface area contributed by atoms with E-state index in [0.717, 1.165) is 21.5 Å². The van der Waals surface area contributed by atoms with Crippen LogP contribution < -0.4 is 10.9 Å². The van der Waals surface area contributed by atoms with Crippen LogP contribution in [0.15, 0.2) is 47.5 Å². The molecule has 2 aromatic rings. The molecule has 0 aliphatic carbocycles. The fraction of sp³-hybridized carbons (Fsp3) is 0.235. The number of anilines is 1. The number of benzene rings is 2. The van der Waals surface area contributed by atoms with Crippen molar-refractivity contribution in [3.05, 3.63) is 59.4 Å². The minimum absolute atomic E-state index is 0.252. The van der Waals surface area contributed by atoms with Crippen LogP contribution in [-0.4, -0.2) is 17.7 Å². The summed E-state index contributed by atoms with van der Waals surface area (Å²) in [7, 11) is 1.84. The van der Waals surface area contributed by atoms with Crippen molar-refractivity contribution in [3.63, 3.8) is 0 Å². The van der Waals surface area contributed by atoms with E-state index in [1.54, 1.807) is 40.7 Å². The molecule has 0 saturated carbocycles. The average molecular weight is 350 g/mol. The molecule has 0 spiro atoms. The minimum atomic E-state index is -0.252. The van der Waals surface area contributed by atoms with Gasteiger partial charge in [-0.3, -0.25) is 0 Å². The van der Waals surface area contributed by atoms with Gasteiger partial charge in [-0.05, 0) is 54.6 Å². The van der Waals surface area contributed by atoms with E-state index in [9.17, 15) is 4.39 Å². The van der Waals surface area contributed by atoms with Gasteiger partial charge < -0.3 is 5.01 Å². The molecule has 0 amide bonds. The molecule has 6 heteroatoms. The third-order valence-electron chi connectivity index (χ3n) is 3.33. The number of hydrazine groups is 1. The van der Waals surface area contributed by atoms with E-state index < -0.39 is 0 Å². The molecule has 122 valence electrons. The molecule has 2 aromatic carbocycles. The summed E-state index contributed by atoms with van der Waals surface area (Å²) in [6, 6.07) is 12.3. The summed E-state index contributed by atoms with van der Waals surface area (Å²) in [5.41, 5.74) is 4.17. The predicted octanol–water partition coefficient (Wildman–Crippen LogP) is 4.73. The lowest BCUT2D eigenvalue weighted by molar-refractivity contribution is 0.628. The van der Waals surface area contributed by atoms with Gasteiger partial charge in [0.05, 0.1) is 11.4 Å². The third-order valence-corrected chi connectivity index (χ3v) is 5.39. The van der Waals surface area contributed by atoms with Crippen LogP contribution in [0.2, 0.25) is 0 Å². The van der Waals surface area contributed by atoms with Gasteiger partial charge in [0.2, 0.25) is 0 Å². The first-order valence-electron chi connectivity index (χ1n) is 7.09. The lowest BCUT2D eigenvalue weighted by atomic mass is 10.1. The Morgan fingerprint density at radius 3 is 2.52 bits per heavy atom. The Morgan fingerprint density at radius 1 is 1.22 bits per heavy atom. The first kappa shape index (κ1) is 17.8. The van der Waals surface area contributed by atoms with E-state index in [2.05, 4.69) is 18.0 Å². The molecule has 0 aromatic heterocycles. The molecule has 0 fully saturated rings. The highest BCUT2D eigenvalue weighted by molar-refractivity contribution is 8.38. The second-order valence-electron chi connectivity index (χ2n) is 5.03. The molecule has 0 unspecified atom stereocenters. The summed E-state index contributed by atoms with van der Waals surface area (Å²) < 4.78 is 13.9. The molecule has 0 aliphatic heterocycles. The van der Waals surface area contributed by atoms with Crippen LogP contribution in [0.1, 0.15) is 11.1 Å². The van der Waals surface area contributed by atoms with Gasteiger partial charge in [0, 0.05) is 12.8 Å². The summed E-state index contributed by atoms with van der Waals surface area (Å²) in [6.07, 6.45) is 1.99. The van der Waals surface area contributed by atoms with Crippen molar-refractivity contribution >= 4 is 39.3 Å². The quantitative estimate of drug-likeness (QED) is 0.375. The van der Waals surface area contributed by atoms with Gasteiger partial charge in [-0.2, -0.15) is 0 Å². The second-order valence-corrected chi connectivity index (χ2v) is 7.05. The van der Waals surface area contributed by atoms with Crippen LogP contribution in [0.4, 0.5) is 15.8 Å². The molecule has 0 atom stereocenters. The molecule has 3 nitrogen and oxygen atoms in total. The number of aryl methyl sites for hydroxylation is 1. The molecule has 2 N–H and O–H groups in total. The zero-order chi connectivity index (χ0) is 16.8. The summed E-state index contributed by atoms with van der Waals surface area (Å²) in [6.45, 7) is 2.08. The van der Waals surface area contributed by atoms with Gasteiger partial charge in [0.25, 0.3) is 0 Å². The predicted molar refractivity (Wildman–Crippen MR) is 102 cm³/mol. The zero-order valence-corrected chi connectivity index (χ0v) is 15.0. The number of rotatable bonds is 4. The van der Waals surface area contributed by atoms with E-state index >= 15 is 0 Å². The maximum Gasteiger partial charge on any atom is 0.130 e. The highest BCUT2D eigenvalue weighted by Crippen LogP contribution is 2.29. The van der Waals surface area contributed by atoms with Gasteiger partial charge in [-0.1, -0.05) is 23.9 Å². The van der Waals surface area contributed by atoms with Gasteiger partial charge in [-0.25, -0.2) is 15.2 Å². The fourth-order valence-corrected chi connectivity index (χ4v) is 3.76. The Bertz CT molecular complexity index is 685. The number of hydrogen-bond acceptors (Lipinski definition) is 5. The lowest BCUT2D eigenvalue weighted by Crippen LogP contribution is -2.26.